The van der Waals surface area contributed by atoms with Crippen molar-refractivity contribution < 1.29 is 4.79 Å². The third kappa shape index (κ3) is 2.49. The summed E-state index contributed by atoms with van der Waals surface area (Å²) in [7, 11) is 0. The fraction of sp³-hybridized carbons (Fsp3) is 0.500. The van der Waals surface area contributed by atoms with Gasteiger partial charge in [0, 0.05) is 22.1 Å². The zero-order valence-electron chi connectivity index (χ0n) is 10.9. The monoisotopic (exact) mass is 249 g/mol. The quantitative estimate of drug-likeness (QED) is 0.700. The number of fused-ring (bicyclic) bond motifs is 1. The molecule has 0 bridgehead atoms. The van der Waals surface area contributed by atoms with Crippen molar-refractivity contribution in [2.45, 2.75) is 37.8 Å². The highest BCUT2D eigenvalue weighted by Crippen LogP contribution is 2.39. The van der Waals surface area contributed by atoms with Crippen molar-refractivity contribution in [2.24, 2.45) is 5.41 Å². The summed E-state index contributed by atoms with van der Waals surface area (Å²) in [4.78, 5) is 15.6. The molecule has 1 aromatic carbocycles. The first-order valence-electron chi connectivity index (χ1n) is 5.97. The molecule has 0 saturated heterocycles. The Morgan fingerprint density at radius 3 is 2.65 bits per heavy atom. The lowest BCUT2D eigenvalue weighted by atomic mass is 9.94. The summed E-state index contributed by atoms with van der Waals surface area (Å²) in [6, 6.07) is 8.17. The van der Waals surface area contributed by atoms with Crippen LogP contribution < -0.4 is 4.90 Å². The number of carbonyl (C=O) groups is 1. The molecule has 1 aliphatic rings. The smallest absolute Gasteiger partial charge is 0.232 e. The van der Waals surface area contributed by atoms with E-state index in [1.54, 1.807) is 0 Å². The Labute approximate surface area is 107 Å². The van der Waals surface area contributed by atoms with Gasteiger partial charge in [-0.1, -0.05) is 39.8 Å². The normalized spacial score (nSPS) is 20.0. The molecule has 92 valence electrons. The standard InChI is InChI=1S/C14H19NOS/c1-10-9-15(13(16)14(2,3)4)11-7-5-6-8-12(11)17-10/h5-8,10H,9H2,1-4H3. The third-order valence-corrected chi connectivity index (χ3v) is 3.96. The first-order valence-corrected chi connectivity index (χ1v) is 6.85. The van der Waals surface area contributed by atoms with E-state index in [-0.39, 0.29) is 11.3 Å². The number of para-hydroxylation sites is 1. The number of hydrogen-bond donors (Lipinski definition) is 0. The Bertz CT molecular complexity index is 436. The molecular weight excluding hydrogens is 230 g/mol. The Balaban J connectivity index is 2.40. The zero-order valence-corrected chi connectivity index (χ0v) is 11.7. The summed E-state index contributed by atoms with van der Waals surface area (Å²) >= 11 is 1.85. The van der Waals surface area contributed by atoms with Gasteiger partial charge >= 0.3 is 0 Å². The van der Waals surface area contributed by atoms with Gasteiger partial charge in [-0.05, 0) is 12.1 Å². The van der Waals surface area contributed by atoms with Gasteiger partial charge in [0.1, 0.15) is 0 Å². The zero-order chi connectivity index (χ0) is 12.6. The first kappa shape index (κ1) is 12.5. The van der Waals surface area contributed by atoms with Crippen LogP contribution in [0.4, 0.5) is 5.69 Å². The number of benzene rings is 1. The van der Waals surface area contributed by atoms with Crippen molar-refractivity contribution in [3.8, 4) is 0 Å². The van der Waals surface area contributed by atoms with Crippen LogP contribution in [0.1, 0.15) is 27.7 Å². The molecule has 0 N–H and O–H groups in total. The molecule has 1 aliphatic heterocycles. The minimum atomic E-state index is -0.325. The van der Waals surface area contributed by atoms with Crippen molar-refractivity contribution in [1.29, 1.82) is 0 Å². The van der Waals surface area contributed by atoms with Crippen LogP contribution in [0.15, 0.2) is 29.2 Å². The van der Waals surface area contributed by atoms with Crippen LogP contribution in [0.3, 0.4) is 0 Å². The number of hydrogen-bond acceptors (Lipinski definition) is 2. The molecule has 0 aliphatic carbocycles. The topological polar surface area (TPSA) is 20.3 Å². The largest absolute Gasteiger partial charge is 0.310 e. The first-order chi connectivity index (χ1) is 7.89. The minimum absolute atomic E-state index is 0.206. The van der Waals surface area contributed by atoms with Gasteiger partial charge in [-0.25, -0.2) is 0 Å². The number of rotatable bonds is 0. The van der Waals surface area contributed by atoms with E-state index in [0.717, 1.165) is 12.2 Å². The summed E-state index contributed by atoms with van der Waals surface area (Å²) in [5.74, 6) is 0.206. The summed E-state index contributed by atoms with van der Waals surface area (Å²) in [5.41, 5.74) is 0.741. The van der Waals surface area contributed by atoms with Gasteiger partial charge in [0.25, 0.3) is 0 Å². The Morgan fingerprint density at radius 1 is 1.35 bits per heavy atom. The molecule has 1 heterocycles. The summed E-state index contributed by atoms with van der Waals surface area (Å²) in [6.45, 7) is 8.90. The predicted octanol–water partition coefficient (Wildman–Crippen LogP) is 3.56. The maximum Gasteiger partial charge on any atom is 0.232 e. The van der Waals surface area contributed by atoms with Crippen LogP contribution in [0.5, 0.6) is 0 Å². The van der Waals surface area contributed by atoms with Gasteiger partial charge in [0.15, 0.2) is 0 Å². The van der Waals surface area contributed by atoms with E-state index >= 15 is 0 Å². The predicted molar refractivity (Wildman–Crippen MR) is 73.6 cm³/mol. The molecule has 2 rings (SSSR count). The molecule has 17 heavy (non-hydrogen) atoms. The maximum atomic E-state index is 12.4. The lowest BCUT2D eigenvalue weighted by Crippen LogP contribution is -2.44. The fourth-order valence-corrected chi connectivity index (χ4v) is 3.10. The molecular formula is C14H19NOS. The van der Waals surface area contributed by atoms with Crippen LogP contribution in [-0.2, 0) is 4.79 Å². The number of carbonyl (C=O) groups excluding carboxylic acids is 1. The molecule has 1 amide bonds. The summed E-state index contributed by atoms with van der Waals surface area (Å²) < 4.78 is 0. The van der Waals surface area contributed by atoms with Crippen LogP contribution in [0.2, 0.25) is 0 Å². The van der Waals surface area contributed by atoms with Gasteiger partial charge in [-0.15, -0.1) is 11.8 Å². The average Bonchev–Trinajstić information content (AvgIpc) is 2.25. The van der Waals surface area contributed by atoms with Gasteiger partial charge in [0.05, 0.1) is 5.69 Å². The molecule has 2 nitrogen and oxygen atoms in total. The maximum absolute atomic E-state index is 12.4. The van der Waals surface area contributed by atoms with E-state index < -0.39 is 0 Å². The number of amides is 1. The van der Waals surface area contributed by atoms with Gasteiger partial charge in [0.2, 0.25) is 5.91 Å². The Hall–Kier alpha value is -0.960. The average molecular weight is 249 g/mol. The highest BCUT2D eigenvalue weighted by molar-refractivity contribution is 8.00. The van der Waals surface area contributed by atoms with Gasteiger partial charge in [-0.3, -0.25) is 4.79 Å². The molecule has 1 aromatic rings. The number of nitrogens with zero attached hydrogens (tertiary/aromatic N) is 1. The highest BCUT2D eigenvalue weighted by Gasteiger charge is 2.33. The van der Waals surface area contributed by atoms with E-state index in [1.165, 1.54) is 4.90 Å². The van der Waals surface area contributed by atoms with Crippen molar-refractivity contribution in [3.63, 3.8) is 0 Å². The molecule has 0 radical (unpaired) electrons. The van der Waals surface area contributed by atoms with Gasteiger partial charge in [-0.2, -0.15) is 0 Å². The molecule has 3 heteroatoms. The molecule has 1 atom stereocenters. The van der Waals surface area contributed by atoms with E-state index in [9.17, 15) is 4.79 Å². The van der Waals surface area contributed by atoms with E-state index in [2.05, 4.69) is 13.0 Å². The van der Waals surface area contributed by atoms with Crippen molar-refractivity contribution >= 4 is 23.4 Å². The van der Waals surface area contributed by atoms with E-state index in [4.69, 9.17) is 0 Å². The van der Waals surface area contributed by atoms with Gasteiger partial charge < -0.3 is 4.90 Å². The molecule has 0 aromatic heterocycles. The second-order valence-corrected chi connectivity index (χ2v) is 7.04. The Morgan fingerprint density at radius 2 is 2.00 bits per heavy atom. The van der Waals surface area contributed by atoms with Crippen LogP contribution >= 0.6 is 11.8 Å². The summed E-state index contributed by atoms with van der Waals surface area (Å²) in [6.07, 6.45) is 0. The van der Waals surface area contributed by atoms with E-state index in [1.807, 2.05) is 55.6 Å². The molecule has 1 unspecified atom stereocenters. The lowest BCUT2D eigenvalue weighted by molar-refractivity contribution is -0.125. The minimum Gasteiger partial charge on any atom is -0.310 e. The lowest BCUT2D eigenvalue weighted by Gasteiger charge is -2.36. The SMILES string of the molecule is CC1CN(C(=O)C(C)(C)C)c2ccccc2S1. The second kappa shape index (κ2) is 4.37. The highest BCUT2D eigenvalue weighted by atomic mass is 32.2. The molecule has 0 saturated carbocycles. The Kier molecular flexibility index (Phi) is 3.21. The van der Waals surface area contributed by atoms with Crippen LogP contribution in [0, 0.1) is 5.41 Å². The third-order valence-electron chi connectivity index (χ3n) is 2.81. The van der Waals surface area contributed by atoms with Crippen molar-refractivity contribution in [3.05, 3.63) is 24.3 Å². The molecule has 0 spiro atoms. The van der Waals surface area contributed by atoms with Crippen LogP contribution in [0.25, 0.3) is 0 Å². The van der Waals surface area contributed by atoms with Crippen molar-refractivity contribution in [2.75, 3.05) is 11.4 Å². The second-order valence-electron chi connectivity index (χ2n) is 5.56. The fourth-order valence-electron chi connectivity index (χ4n) is 1.99. The van der Waals surface area contributed by atoms with E-state index in [0.29, 0.717) is 5.25 Å². The number of anilines is 1. The van der Waals surface area contributed by atoms with Crippen molar-refractivity contribution in [1.82, 2.24) is 0 Å². The summed E-state index contributed by atoms with van der Waals surface area (Å²) in [5, 5.41) is 0.455. The molecule has 0 fully saturated rings. The van der Waals surface area contributed by atoms with Crippen LogP contribution in [-0.4, -0.2) is 17.7 Å². The number of thioether (sulfide) groups is 1.